The van der Waals surface area contributed by atoms with Crippen molar-refractivity contribution in [2.45, 2.75) is 39.0 Å². The van der Waals surface area contributed by atoms with Gasteiger partial charge >= 0.3 is 18.1 Å². The molecule has 0 amide bonds. The van der Waals surface area contributed by atoms with Crippen molar-refractivity contribution in [3.05, 3.63) is 23.5 Å². The molecular formula is C16H20F3NO5. The average Bonchev–Trinajstić information content (AvgIpc) is 2.48. The van der Waals surface area contributed by atoms with Crippen LogP contribution in [0.15, 0.2) is 12.3 Å². The van der Waals surface area contributed by atoms with Crippen molar-refractivity contribution < 1.29 is 37.0 Å². The number of pyridine rings is 1. The normalized spacial score (nSPS) is 13.1. The molecule has 140 valence electrons. The van der Waals surface area contributed by atoms with Gasteiger partial charge in [-0.1, -0.05) is 0 Å². The maximum atomic E-state index is 12.8. The molecule has 0 saturated carbocycles. The lowest BCUT2D eigenvalue weighted by Crippen LogP contribution is -2.34. The summed E-state index contributed by atoms with van der Waals surface area (Å²) >= 11 is 0. The zero-order chi connectivity index (χ0) is 19.4. The van der Waals surface area contributed by atoms with Crippen molar-refractivity contribution in [1.29, 1.82) is 0 Å². The number of carbonyl (C=O) groups excluding carboxylic acids is 2. The van der Waals surface area contributed by atoms with Gasteiger partial charge < -0.3 is 14.2 Å². The van der Waals surface area contributed by atoms with E-state index in [1.54, 1.807) is 20.8 Å². The van der Waals surface area contributed by atoms with E-state index in [-0.39, 0.29) is 12.0 Å². The summed E-state index contributed by atoms with van der Waals surface area (Å²) in [5.74, 6) is -3.52. The van der Waals surface area contributed by atoms with E-state index in [0.717, 1.165) is 26.5 Å². The van der Waals surface area contributed by atoms with Crippen LogP contribution in [-0.4, -0.2) is 36.7 Å². The van der Waals surface area contributed by atoms with E-state index >= 15 is 0 Å². The lowest BCUT2D eigenvalue weighted by atomic mass is 9.99. The molecule has 0 aliphatic carbocycles. The van der Waals surface area contributed by atoms with Crippen LogP contribution in [0, 0.1) is 5.92 Å². The Morgan fingerprint density at radius 3 is 2.20 bits per heavy atom. The minimum absolute atomic E-state index is 0.200. The fourth-order valence-electron chi connectivity index (χ4n) is 1.98. The summed E-state index contributed by atoms with van der Waals surface area (Å²) in [5, 5.41) is 0. The molecule has 0 N–H and O–H groups in total. The summed E-state index contributed by atoms with van der Waals surface area (Å²) in [4.78, 5) is 27.4. The molecule has 0 aliphatic heterocycles. The first-order valence-corrected chi connectivity index (χ1v) is 7.30. The molecule has 0 saturated heterocycles. The summed E-state index contributed by atoms with van der Waals surface area (Å²) < 4.78 is 53.0. The first kappa shape index (κ1) is 20.7. The van der Waals surface area contributed by atoms with E-state index in [4.69, 9.17) is 9.47 Å². The molecule has 1 heterocycles. The number of halogens is 3. The molecule has 1 atom stereocenters. The molecule has 1 aromatic heterocycles. The molecule has 25 heavy (non-hydrogen) atoms. The van der Waals surface area contributed by atoms with Gasteiger partial charge in [0.15, 0.2) is 11.6 Å². The highest BCUT2D eigenvalue weighted by molar-refractivity contribution is 5.95. The van der Waals surface area contributed by atoms with E-state index in [1.165, 1.54) is 0 Å². The van der Waals surface area contributed by atoms with Crippen molar-refractivity contribution in [2.24, 2.45) is 5.92 Å². The summed E-state index contributed by atoms with van der Waals surface area (Å²) in [5.41, 5.74) is -1.82. The van der Waals surface area contributed by atoms with Crippen LogP contribution in [0.1, 0.15) is 32.0 Å². The Kier molecular flexibility index (Phi) is 6.39. The largest absolute Gasteiger partial charge is 0.494 e. The van der Waals surface area contributed by atoms with Crippen LogP contribution < -0.4 is 4.74 Å². The molecule has 1 rings (SSSR count). The number of hydrogen-bond donors (Lipinski definition) is 0. The van der Waals surface area contributed by atoms with Crippen LogP contribution in [0.25, 0.3) is 0 Å². The zero-order valence-electron chi connectivity index (χ0n) is 14.6. The SMILES string of the molecule is COC(=O)[C@H](Cc1cnc(C(F)(F)F)c(OC)c1)C(=O)OC(C)(C)C. The van der Waals surface area contributed by atoms with Gasteiger partial charge in [-0.2, -0.15) is 13.2 Å². The Morgan fingerprint density at radius 2 is 1.76 bits per heavy atom. The van der Waals surface area contributed by atoms with E-state index in [9.17, 15) is 22.8 Å². The van der Waals surface area contributed by atoms with E-state index in [1.807, 2.05) is 0 Å². The molecule has 0 aromatic carbocycles. The number of nitrogens with zero attached hydrogens (tertiary/aromatic N) is 1. The zero-order valence-corrected chi connectivity index (χ0v) is 14.6. The molecule has 0 bridgehead atoms. The standard InChI is InChI=1S/C16H20F3NO5/c1-15(2,3)25-14(22)10(13(21)24-5)6-9-7-11(23-4)12(20-8-9)16(17,18)19/h7-8,10H,6H2,1-5H3/t10-/m0/s1. The first-order valence-electron chi connectivity index (χ1n) is 7.30. The fraction of sp³-hybridized carbons (Fsp3) is 0.562. The summed E-state index contributed by atoms with van der Waals surface area (Å²) in [6, 6.07) is 1.08. The lowest BCUT2D eigenvalue weighted by molar-refractivity contribution is -0.168. The second-order valence-corrected chi connectivity index (χ2v) is 6.21. The lowest BCUT2D eigenvalue weighted by Gasteiger charge is -2.23. The van der Waals surface area contributed by atoms with Crippen molar-refractivity contribution in [3.8, 4) is 5.75 Å². The van der Waals surface area contributed by atoms with Crippen LogP contribution >= 0.6 is 0 Å². The Morgan fingerprint density at radius 1 is 1.16 bits per heavy atom. The minimum atomic E-state index is -4.68. The summed E-state index contributed by atoms with van der Waals surface area (Å²) in [6.07, 6.45) is -3.98. The van der Waals surface area contributed by atoms with Crippen LogP contribution in [0.3, 0.4) is 0 Å². The van der Waals surface area contributed by atoms with Gasteiger partial charge in [0.05, 0.1) is 14.2 Å². The van der Waals surface area contributed by atoms with E-state index in [2.05, 4.69) is 9.72 Å². The van der Waals surface area contributed by atoms with Gasteiger partial charge in [0, 0.05) is 6.20 Å². The maximum Gasteiger partial charge on any atom is 0.437 e. The monoisotopic (exact) mass is 363 g/mol. The Bertz CT molecular complexity index is 638. The predicted molar refractivity (Wildman–Crippen MR) is 80.8 cm³/mol. The second-order valence-electron chi connectivity index (χ2n) is 6.21. The number of alkyl halides is 3. The third-order valence-electron chi connectivity index (χ3n) is 3.01. The molecule has 1 aromatic rings. The van der Waals surface area contributed by atoms with Gasteiger partial charge in [0.1, 0.15) is 11.4 Å². The van der Waals surface area contributed by atoms with Crippen molar-refractivity contribution in [2.75, 3.05) is 14.2 Å². The minimum Gasteiger partial charge on any atom is -0.494 e. The number of carbonyl (C=O) groups is 2. The predicted octanol–water partition coefficient (Wildman–Crippen LogP) is 2.78. The summed E-state index contributed by atoms with van der Waals surface area (Å²) in [7, 11) is 2.17. The molecule has 0 fully saturated rings. The van der Waals surface area contributed by atoms with Gasteiger partial charge in [-0.05, 0) is 38.8 Å². The third kappa shape index (κ3) is 5.91. The quantitative estimate of drug-likeness (QED) is 0.592. The molecule has 9 heteroatoms. The highest BCUT2D eigenvalue weighted by atomic mass is 19.4. The first-order chi connectivity index (χ1) is 11.4. The van der Waals surface area contributed by atoms with Gasteiger partial charge in [-0.15, -0.1) is 0 Å². The maximum absolute atomic E-state index is 12.8. The number of rotatable bonds is 5. The van der Waals surface area contributed by atoms with E-state index < -0.39 is 41.1 Å². The van der Waals surface area contributed by atoms with Crippen LogP contribution in [0.5, 0.6) is 5.75 Å². The van der Waals surface area contributed by atoms with Crippen molar-refractivity contribution in [3.63, 3.8) is 0 Å². The topological polar surface area (TPSA) is 74.7 Å². The molecule has 6 nitrogen and oxygen atoms in total. The molecule has 0 radical (unpaired) electrons. The molecule has 0 aliphatic rings. The van der Waals surface area contributed by atoms with Gasteiger partial charge in [0.25, 0.3) is 0 Å². The van der Waals surface area contributed by atoms with Gasteiger partial charge in [0.2, 0.25) is 0 Å². The number of methoxy groups -OCH3 is 2. The number of esters is 2. The number of ether oxygens (including phenoxy) is 3. The fourth-order valence-corrected chi connectivity index (χ4v) is 1.98. The second kappa shape index (κ2) is 7.71. The van der Waals surface area contributed by atoms with Crippen LogP contribution in [-0.2, 0) is 31.7 Å². The highest BCUT2D eigenvalue weighted by Gasteiger charge is 2.37. The third-order valence-corrected chi connectivity index (χ3v) is 3.01. The Labute approximate surface area is 143 Å². The van der Waals surface area contributed by atoms with Crippen molar-refractivity contribution >= 4 is 11.9 Å². The van der Waals surface area contributed by atoms with Gasteiger partial charge in [-0.3, -0.25) is 9.59 Å². The smallest absolute Gasteiger partial charge is 0.437 e. The number of aromatic nitrogens is 1. The molecule has 0 spiro atoms. The number of hydrogen-bond acceptors (Lipinski definition) is 6. The van der Waals surface area contributed by atoms with Gasteiger partial charge in [-0.25, -0.2) is 4.98 Å². The Balaban J connectivity index is 3.13. The molecule has 0 unspecified atom stereocenters. The van der Waals surface area contributed by atoms with E-state index in [0.29, 0.717) is 0 Å². The Hall–Kier alpha value is -2.32. The van der Waals surface area contributed by atoms with Crippen molar-refractivity contribution in [1.82, 2.24) is 4.98 Å². The highest BCUT2D eigenvalue weighted by Crippen LogP contribution is 2.35. The van der Waals surface area contributed by atoms with Crippen LogP contribution in [0.2, 0.25) is 0 Å². The average molecular weight is 363 g/mol. The van der Waals surface area contributed by atoms with Crippen LogP contribution in [0.4, 0.5) is 13.2 Å². The summed E-state index contributed by atoms with van der Waals surface area (Å²) in [6.45, 7) is 4.88. The molecular weight excluding hydrogens is 343 g/mol.